The summed E-state index contributed by atoms with van der Waals surface area (Å²) in [6, 6.07) is 11.5. The minimum atomic E-state index is -2.47. The Kier molecular flexibility index (Phi) is 5.78. The van der Waals surface area contributed by atoms with Crippen molar-refractivity contribution in [2.24, 2.45) is 0 Å². The maximum absolute atomic E-state index is 12.2. The molecule has 1 amide bonds. The van der Waals surface area contributed by atoms with E-state index in [1.165, 1.54) is 24.3 Å². The predicted molar refractivity (Wildman–Crippen MR) is 88.1 cm³/mol. The highest BCUT2D eigenvalue weighted by Crippen LogP contribution is 2.28. The molecule has 0 radical (unpaired) electrons. The quantitative estimate of drug-likeness (QED) is 0.615. The fraction of sp³-hybridized carbons (Fsp3) is 0.0714. The van der Waals surface area contributed by atoms with E-state index in [1.54, 1.807) is 6.07 Å². The lowest BCUT2D eigenvalue weighted by molar-refractivity contribution is 0.102. The average molecular weight is 437 g/mol. The number of nitrogens with one attached hydrogen (secondary N) is 1. The van der Waals surface area contributed by atoms with E-state index in [0.717, 1.165) is 8.95 Å². The third kappa shape index (κ3) is 4.79. The van der Waals surface area contributed by atoms with Crippen LogP contribution in [0.15, 0.2) is 56.3 Å². The Morgan fingerprint density at radius 2 is 1.76 bits per heavy atom. The van der Waals surface area contributed by atoms with Crippen LogP contribution < -0.4 is 5.32 Å². The molecule has 2 nitrogen and oxygen atoms in total. The van der Waals surface area contributed by atoms with E-state index in [-0.39, 0.29) is 5.91 Å². The van der Waals surface area contributed by atoms with Crippen molar-refractivity contribution < 1.29 is 13.6 Å². The Morgan fingerprint density at radius 3 is 2.38 bits per heavy atom. The van der Waals surface area contributed by atoms with Gasteiger partial charge in [0.2, 0.25) is 0 Å². The number of hydrogen-bond acceptors (Lipinski definition) is 2. The molecule has 2 aromatic carbocycles. The molecule has 0 heterocycles. The molecule has 0 spiro atoms. The standard InChI is InChI=1S/C14H9Br2F2NOS/c15-9-3-6-11(16)12(7-9)19-13(20)8-1-4-10(5-2-8)21-14(17)18/h1-7,14H,(H,19,20). The number of benzene rings is 2. The van der Waals surface area contributed by atoms with Gasteiger partial charge >= 0.3 is 0 Å². The van der Waals surface area contributed by atoms with Crippen LogP contribution in [0, 0.1) is 0 Å². The molecule has 0 fully saturated rings. The smallest absolute Gasteiger partial charge is 0.288 e. The van der Waals surface area contributed by atoms with E-state index < -0.39 is 5.76 Å². The number of carbonyl (C=O) groups excluding carboxylic acids is 1. The molecule has 0 aromatic heterocycles. The van der Waals surface area contributed by atoms with E-state index >= 15 is 0 Å². The Labute approximate surface area is 141 Å². The molecule has 0 unspecified atom stereocenters. The second-order valence-electron chi connectivity index (χ2n) is 3.98. The highest BCUT2D eigenvalue weighted by molar-refractivity contribution is 9.11. The molecule has 7 heteroatoms. The minimum Gasteiger partial charge on any atom is -0.321 e. The summed E-state index contributed by atoms with van der Waals surface area (Å²) in [5.41, 5.74) is 1.03. The lowest BCUT2D eigenvalue weighted by atomic mass is 10.2. The monoisotopic (exact) mass is 435 g/mol. The highest BCUT2D eigenvalue weighted by atomic mass is 79.9. The third-order valence-electron chi connectivity index (χ3n) is 2.52. The first-order valence-corrected chi connectivity index (χ1v) is 8.23. The van der Waals surface area contributed by atoms with Gasteiger partial charge in [-0.2, -0.15) is 8.78 Å². The molecule has 0 bridgehead atoms. The van der Waals surface area contributed by atoms with Crippen molar-refractivity contribution in [3.05, 3.63) is 57.0 Å². The summed E-state index contributed by atoms with van der Waals surface area (Å²) in [5.74, 6) is -2.77. The Bertz CT molecular complexity index is 650. The summed E-state index contributed by atoms with van der Waals surface area (Å²) < 4.78 is 26.0. The number of carbonyl (C=O) groups is 1. The molecular formula is C14H9Br2F2NOS. The fourth-order valence-corrected chi connectivity index (χ4v) is 2.78. The van der Waals surface area contributed by atoms with Crippen LogP contribution >= 0.6 is 43.6 Å². The van der Waals surface area contributed by atoms with E-state index in [1.807, 2.05) is 12.1 Å². The summed E-state index contributed by atoms with van der Waals surface area (Å²) in [7, 11) is 0. The van der Waals surface area contributed by atoms with Crippen LogP contribution in [0.2, 0.25) is 0 Å². The zero-order valence-corrected chi connectivity index (χ0v) is 14.4. The first kappa shape index (κ1) is 16.5. The molecule has 0 aliphatic rings. The molecule has 0 aliphatic carbocycles. The topological polar surface area (TPSA) is 29.1 Å². The molecule has 0 atom stereocenters. The van der Waals surface area contributed by atoms with Crippen LogP contribution in [0.5, 0.6) is 0 Å². The average Bonchev–Trinajstić information content (AvgIpc) is 2.43. The van der Waals surface area contributed by atoms with Crippen LogP contribution in [0.3, 0.4) is 0 Å². The summed E-state index contributed by atoms with van der Waals surface area (Å²) >= 11 is 7.13. The molecule has 21 heavy (non-hydrogen) atoms. The number of alkyl halides is 2. The van der Waals surface area contributed by atoms with Crippen LogP contribution in [0.4, 0.5) is 14.5 Å². The van der Waals surface area contributed by atoms with Gasteiger partial charge in [-0.15, -0.1) is 0 Å². The van der Waals surface area contributed by atoms with Gasteiger partial charge in [0.05, 0.1) is 5.69 Å². The Morgan fingerprint density at radius 1 is 1.10 bits per heavy atom. The number of amides is 1. The maximum atomic E-state index is 12.2. The third-order valence-corrected chi connectivity index (χ3v) is 4.43. The second kappa shape index (κ2) is 7.38. The molecule has 110 valence electrons. The van der Waals surface area contributed by atoms with Crippen LogP contribution in [0.25, 0.3) is 0 Å². The van der Waals surface area contributed by atoms with Gasteiger partial charge in [0.25, 0.3) is 11.7 Å². The number of thioether (sulfide) groups is 1. The zero-order chi connectivity index (χ0) is 15.4. The minimum absolute atomic E-state index is 0.303. The van der Waals surface area contributed by atoms with Gasteiger partial charge in [0.15, 0.2) is 0 Å². The molecule has 0 aliphatic heterocycles. The van der Waals surface area contributed by atoms with Crippen molar-refractivity contribution in [2.45, 2.75) is 10.7 Å². The number of rotatable bonds is 4. The van der Waals surface area contributed by atoms with Gasteiger partial charge in [0, 0.05) is 19.4 Å². The maximum Gasteiger partial charge on any atom is 0.288 e. The molecular weight excluding hydrogens is 428 g/mol. The van der Waals surface area contributed by atoms with Gasteiger partial charge < -0.3 is 5.32 Å². The fourth-order valence-electron chi connectivity index (χ4n) is 1.58. The van der Waals surface area contributed by atoms with Gasteiger partial charge in [-0.1, -0.05) is 27.7 Å². The van der Waals surface area contributed by atoms with Gasteiger partial charge in [-0.3, -0.25) is 4.79 Å². The van der Waals surface area contributed by atoms with E-state index in [4.69, 9.17) is 0 Å². The summed E-state index contributed by atoms with van der Waals surface area (Å²) in [6.07, 6.45) is 0. The van der Waals surface area contributed by atoms with Crippen molar-refractivity contribution in [3.63, 3.8) is 0 Å². The highest BCUT2D eigenvalue weighted by Gasteiger charge is 2.10. The van der Waals surface area contributed by atoms with Crippen molar-refractivity contribution in [2.75, 3.05) is 5.32 Å². The number of halogens is 4. The summed E-state index contributed by atoms with van der Waals surface area (Å²) in [4.78, 5) is 12.5. The first-order chi connectivity index (χ1) is 9.95. The normalized spacial score (nSPS) is 10.7. The van der Waals surface area contributed by atoms with E-state index in [9.17, 15) is 13.6 Å². The summed E-state index contributed by atoms with van der Waals surface area (Å²) in [5, 5.41) is 2.76. The SMILES string of the molecule is O=C(Nc1cc(Br)ccc1Br)c1ccc(SC(F)F)cc1. The summed E-state index contributed by atoms with van der Waals surface area (Å²) in [6.45, 7) is 0. The predicted octanol–water partition coefficient (Wildman–Crippen LogP) is 5.78. The van der Waals surface area contributed by atoms with E-state index in [0.29, 0.717) is 27.9 Å². The lowest BCUT2D eigenvalue weighted by Crippen LogP contribution is -2.12. The van der Waals surface area contributed by atoms with Crippen LogP contribution in [-0.4, -0.2) is 11.7 Å². The van der Waals surface area contributed by atoms with E-state index in [2.05, 4.69) is 37.2 Å². The van der Waals surface area contributed by atoms with Crippen molar-refractivity contribution in [3.8, 4) is 0 Å². The Balaban J connectivity index is 2.11. The largest absolute Gasteiger partial charge is 0.321 e. The molecule has 1 N–H and O–H groups in total. The van der Waals surface area contributed by atoms with Crippen molar-refractivity contribution in [1.29, 1.82) is 0 Å². The van der Waals surface area contributed by atoms with Crippen LogP contribution in [0.1, 0.15) is 10.4 Å². The zero-order valence-electron chi connectivity index (χ0n) is 10.4. The van der Waals surface area contributed by atoms with Gasteiger partial charge in [0.1, 0.15) is 0 Å². The molecule has 0 saturated carbocycles. The first-order valence-electron chi connectivity index (χ1n) is 5.77. The van der Waals surface area contributed by atoms with Crippen molar-refractivity contribution in [1.82, 2.24) is 0 Å². The van der Waals surface area contributed by atoms with Gasteiger partial charge in [-0.05, 0) is 58.4 Å². The molecule has 2 rings (SSSR count). The number of hydrogen-bond donors (Lipinski definition) is 1. The second-order valence-corrected chi connectivity index (χ2v) is 6.81. The van der Waals surface area contributed by atoms with Gasteiger partial charge in [-0.25, -0.2) is 0 Å². The Hall–Kier alpha value is -0.920. The molecule has 0 saturated heterocycles. The number of anilines is 1. The van der Waals surface area contributed by atoms with Crippen LogP contribution in [-0.2, 0) is 0 Å². The van der Waals surface area contributed by atoms with Crippen molar-refractivity contribution >= 4 is 55.2 Å². The lowest BCUT2D eigenvalue weighted by Gasteiger charge is -2.08. The molecule has 2 aromatic rings.